The van der Waals surface area contributed by atoms with Crippen molar-refractivity contribution in [3.8, 4) is 0 Å². The van der Waals surface area contributed by atoms with Gasteiger partial charge >= 0.3 is 5.97 Å². The Morgan fingerprint density at radius 1 is 0.662 bits per heavy atom. The zero-order chi connectivity index (χ0) is 48.6. The van der Waals surface area contributed by atoms with E-state index in [4.69, 9.17) is 16.9 Å². The first-order chi connectivity index (χ1) is 32.8. The molecule has 356 valence electrons. The number of aliphatic carboxylic acids is 1. The van der Waals surface area contributed by atoms with E-state index in [1.807, 2.05) is 66.7 Å². The molecule has 6 rings (SSSR count). The van der Waals surface area contributed by atoms with Gasteiger partial charge in [0.2, 0.25) is 29.5 Å². The maximum Gasteiger partial charge on any atom is 0.326 e. The lowest BCUT2D eigenvalue weighted by atomic mass is 9.99. The van der Waals surface area contributed by atoms with Crippen molar-refractivity contribution < 1.29 is 33.9 Å². The van der Waals surface area contributed by atoms with Crippen LogP contribution in [0.15, 0.2) is 116 Å². The maximum atomic E-state index is 14.6. The van der Waals surface area contributed by atoms with E-state index >= 15 is 0 Å². The van der Waals surface area contributed by atoms with Gasteiger partial charge < -0.3 is 58.4 Å². The summed E-state index contributed by atoms with van der Waals surface area (Å²) in [6.07, 6.45) is 4.65. The molecule has 68 heavy (non-hydrogen) atoms. The number of H-pyrrole nitrogens is 2. The molecule has 0 spiro atoms. The molecule has 2 aromatic heterocycles. The van der Waals surface area contributed by atoms with Gasteiger partial charge in [-0.05, 0) is 46.4 Å². The molecule has 19 nitrogen and oxygen atoms in total. The van der Waals surface area contributed by atoms with Crippen LogP contribution in [0.1, 0.15) is 35.2 Å². The summed E-state index contributed by atoms with van der Waals surface area (Å²) in [7, 11) is 0. The number of carbonyl (C=O) groups excluding carboxylic acids is 5. The number of para-hydroxylation sites is 1. The van der Waals surface area contributed by atoms with Crippen LogP contribution in [0.3, 0.4) is 0 Å². The lowest BCUT2D eigenvalue weighted by Crippen LogP contribution is -2.60. The number of benzene rings is 4. The van der Waals surface area contributed by atoms with Crippen LogP contribution in [-0.2, 0) is 54.5 Å². The normalized spacial score (nSPS) is 13.8. The number of nitrogens with zero attached hydrogens (tertiary/aromatic N) is 1. The van der Waals surface area contributed by atoms with Crippen LogP contribution in [0, 0.1) is 5.41 Å². The van der Waals surface area contributed by atoms with Crippen LogP contribution in [0.5, 0.6) is 0 Å². The third kappa shape index (κ3) is 14.1. The molecule has 0 aliphatic heterocycles. The number of amides is 5. The molecule has 0 aliphatic carbocycles. The number of fused-ring (bicyclic) bond motifs is 2. The van der Waals surface area contributed by atoms with E-state index in [1.165, 1.54) is 6.33 Å². The fourth-order valence-electron chi connectivity index (χ4n) is 7.66. The van der Waals surface area contributed by atoms with Crippen molar-refractivity contribution >= 4 is 75.8 Å². The summed E-state index contributed by atoms with van der Waals surface area (Å²) in [6.45, 7) is 0.150. The smallest absolute Gasteiger partial charge is 0.326 e. The Morgan fingerprint density at radius 2 is 1.25 bits per heavy atom. The lowest BCUT2D eigenvalue weighted by Gasteiger charge is -2.27. The summed E-state index contributed by atoms with van der Waals surface area (Å²) in [5, 5.41) is 36.9. The van der Waals surface area contributed by atoms with Gasteiger partial charge in [-0.3, -0.25) is 29.4 Å². The van der Waals surface area contributed by atoms with Crippen molar-refractivity contribution in [3.05, 3.63) is 138 Å². The molecule has 0 radical (unpaired) electrons. The number of carboxylic acids is 1. The van der Waals surface area contributed by atoms with Crippen LogP contribution in [0.25, 0.3) is 21.7 Å². The van der Waals surface area contributed by atoms with E-state index in [0.29, 0.717) is 22.4 Å². The number of nitrogens with two attached hydrogens (primary N) is 2. The molecule has 0 unspecified atom stereocenters. The minimum atomic E-state index is -1.39. The first-order valence-corrected chi connectivity index (χ1v) is 22.6. The zero-order valence-electron chi connectivity index (χ0n) is 37.0. The molecule has 14 N–H and O–H groups in total. The SMILES string of the molecule is N=C(N)NCCC[C@H](NC(=O)[C@@H](Cc1ccccc1)NC(=O)[C@H](Cc1c[nH]cn1)NC(=O)[C@H](N)CS)C(=O)N[C@@H](Cc1ccc2ccccc2c1)C(=O)N[C@H](Cc1c[nH]c2ccccc12)C(=O)O. The predicted molar refractivity (Wildman–Crippen MR) is 260 cm³/mol. The summed E-state index contributed by atoms with van der Waals surface area (Å²) in [6, 6.07) is 21.8. The van der Waals surface area contributed by atoms with Crippen molar-refractivity contribution in [1.29, 1.82) is 5.41 Å². The topological polar surface area (TPSA) is 315 Å². The van der Waals surface area contributed by atoms with Gasteiger partial charge in [-0.15, -0.1) is 0 Å². The summed E-state index contributed by atoms with van der Waals surface area (Å²) < 4.78 is 0. The first-order valence-electron chi connectivity index (χ1n) is 22.0. The third-order valence-electron chi connectivity index (χ3n) is 11.3. The van der Waals surface area contributed by atoms with E-state index in [9.17, 15) is 33.9 Å². The molecular formula is C48H56N12O7S. The number of thiol groups is 1. The average Bonchev–Trinajstić information content (AvgIpc) is 4.01. The van der Waals surface area contributed by atoms with E-state index in [1.54, 1.807) is 42.7 Å². The Hall–Kier alpha value is -7.71. The van der Waals surface area contributed by atoms with Crippen LogP contribution in [0.4, 0.5) is 0 Å². The summed E-state index contributed by atoms with van der Waals surface area (Å²) in [4.78, 5) is 93.3. The maximum absolute atomic E-state index is 14.6. The first kappa shape index (κ1) is 49.7. The second kappa shape index (κ2) is 24.2. The van der Waals surface area contributed by atoms with Crippen LogP contribution in [-0.4, -0.2) is 110 Å². The van der Waals surface area contributed by atoms with Crippen molar-refractivity contribution in [1.82, 2.24) is 46.9 Å². The monoisotopic (exact) mass is 944 g/mol. The number of aromatic nitrogens is 3. The van der Waals surface area contributed by atoms with E-state index in [-0.39, 0.29) is 56.8 Å². The number of carbonyl (C=O) groups is 6. The second-order valence-electron chi connectivity index (χ2n) is 16.3. The van der Waals surface area contributed by atoms with Gasteiger partial charge in [0.25, 0.3) is 0 Å². The molecule has 2 heterocycles. The Bertz CT molecular complexity index is 2700. The van der Waals surface area contributed by atoms with Crippen molar-refractivity contribution in [2.24, 2.45) is 11.5 Å². The fraction of sp³-hybridized carbons (Fsp3) is 0.292. The summed E-state index contributed by atoms with van der Waals surface area (Å²) in [5.41, 5.74) is 14.7. The van der Waals surface area contributed by atoms with E-state index < -0.39 is 71.8 Å². The van der Waals surface area contributed by atoms with Gasteiger partial charge in [-0.25, -0.2) is 9.78 Å². The Kier molecular flexibility index (Phi) is 17.7. The lowest BCUT2D eigenvalue weighted by molar-refractivity contribution is -0.142. The minimum Gasteiger partial charge on any atom is -0.480 e. The van der Waals surface area contributed by atoms with Gasteiger partial charge in [0.05, 0.1) is 18.1 Å². The van der Waals surface area contributed by atoms with Crippen LogP contribution < -0.4 is 43.4 Å². The van der Waals surface area contributed by atoms with Gasteiger partial charge in [-0.2, -0.15) is 12.6 Å². The molecule has 4 aromatic carbocycles. The van der Waals surface area contributed by atoms with E-state index in [2.05, 4.69) is 59.5 Å². The Balaban J connectivity index is 1.28. The number of guanidine groups is 1. The summed E-state index contributed by atoms with van der Waals surface area (Å²) >= 11 is 4.11. The fourth-order valence-corrected chi connectivity index (χ4v) is 7.83. The standard InChI is InChI=1S/C48H56N12O7S/c49-35(26-68)42(61)57-40(23-33-25-52-27-55-33)46(65)59-38(20-28-9-2-1-3-10-28)44(63)56-37(15-8-18-53-48(50)51)43(62)58-39(21-29-16-17-30-11-4-5-12-31(30)19-29)45(64)60-41(47(66)67)22-32-24-54-36-14-7-6-13-34(32)36/h1-7,9-14,16-17,19,24-25,27,35,37-41,54,68H,8,15,18,20-23,26,49H2,(H,52,55)(H,56,63)(H,57,61)(H,58,62)(H,59,65)(H,60,64)(H,66,67)(H4,50,51,53)/t35-,37+,38-,39+,40+,41-/m1/s1. The van der Waals surface area contributed by atoms with Gasteiger partial charge in [0.1, 0.15) is 30.2 Å². The molecule has 0 fully saturated rings. The minimum absolute atomic E-state index is 0.00291. The highest BCUT2D eigenvalue weighted by Gasteiger charge is 2.34. The molecule has 0 bridgehead atoms. The molecule has 20 heteroatoms. The molecule has 0 aliphatic rings. The van der Waals surface area contributed by atoms with Gasteiger partial charge in [0, 0.05) is 61.3 Å². The number of nitrogens with one attached hydrogen (secondary N) is 9. The summed E-state index contributed by atoms with van der Waals surface area (Å²) in [5.74, 6) is -5.29. The largest absolute Gasteiger partial charge is 0.480 e. The van der Waals surface area contributed by atoms with Gasteiger partial charge in [-0.1, -0.05) is 91.0 Å². The highest BCUT2D eigenvalue weighted by Crippen LogP contribution is 2.20. The van der Waals surface area contributed by atoms with Crippen molar-refractivity contribution in [3.63, 3.8) is 0 Å². The van der Waals surface area contributed by atoms with Crippen LogP contribution in [0.2, 0.25) is 0 Å². The highest BCUT2D eigenvalue weighted by atomic mass is 32.1. The molecule has 5 amide bonds. The van der Waals surface area contributed by atoms with Crippen molar-refractivity contribution in [2.75, 3.05) is 12.3 Å². The van der Waals surface area contributed by atoms with Gasteiger partial charge in [0.15, 0.2) is 5.96 Å². The molecular weight excluding hydrogens is 889 g/mol. The molecule has 6 aromatic rings. The number of carboxylic acid groups (broad SMARTS) is 1. The molecule has 0 saturated heterocycles. The third-order valence-corrected chi connectivity index (χ3v) is 11.7. The Morgan fingerprint density at radius 3 is 1.91 bits per heavy atom. The number of rotatable bonds is 24. The number of hydrogen-bond acceptors (Lipinski definition) is 10. The number of hydrogen-bond donors (Lipinski definition) is 13. The van der Waals surface area contributed by atoms with E-state index in [0.717, 1.165) is 21.7 Å². The average molecular weight is 945 g/mol. The van der Waals surface area contributed by atoms with Crippen molar-refractivity contribution in [2.45, 2.75) is 74.8 Å². The number of imidazole rings is 1. The Labute approximate surface area is 397 Å². The predicted octanol–water partition coefficient (Wildman–Crippen LogP) is 1.34. The zero-order valence-corrected chi connectivity index (χ0v) is 37.9. The number of aromatic amines is 2. The molecule has 0 saturated carbocycles. The second-order valence-corrected chi connectivity index (χ2v) is 16.7. The quantitative estimate of drug-likeness (QED) is 0.0178. The highest BCUT2D eigenvalue weighted by molar-refractivity contribution is 7.80. The molecule has 6 atom stereocenters. The van der Waals surface area contributed by atoms with Crippen LogP contribution >= 0.6 is 12.6 Å².